The Balaban J connectivity index is 2.45. The van der Waals surface area contributed by atoms with E-state index in [9.17, 15) is 0 Å². The highest BCUT2D eigenvalue weighted by Gasteiger charge is 2.41. The third-order valence-electron chi connectivity index (χ3n) is 3.47. The van der Waals surface area contributed by atoms with Gasteiger partial charge in [0, 0.05) is 11.4 Å². The third kappa shape index (κ3) is 2.16. The minimum atomic E-state index is -0.0577. The minimum Gasteiger partial charge on any atom is -0.496 e. The molecule has 0 aromatic heterocycles. The summed E-state index contributed by atoms with van der Waals surface area (Å²) in [4.78, 5) is 0. The van der Waals surface area contributed by atoms with E-state index in [0.29, 0.717) is 25.0 Å². The zero-order chi connectivity index (χ0) is 12.5. The van der Waals surface area contributed by atoms with Crippen LogP contribution in [0.2, 0.25) is 0 Å². The Morgan fingerprint density at radius 2 is 2.12 bits per heavy atom. The SMILES string of the molecule is COc1ccc(C(C)C)cc1C1(CCl)COC1. The van der Waals surface area contributed by atoms with Gasteiger partial charge < -0.3 is 9.47 Å². The molecule has 0 spiro atoms. The second kappa shape index (κ2) is 4.87. The smallest absolute Gasteiger partial charge is 0.122 e. The lowest BCUT2D eigenvalue weighted by atomic mass is 9.78. The van der Waals surface area contributed by atoms with Crippen LogP contribution in [0.25, 0.3) is 0 Å². The van der Waals surface area contributed by atoms with E-state index in [2.05, 4.69) is 26.0 Å². The normalized spacial score (nSPS) is 17.9. The van der Waals surface area contributed by atoms with Gasteiger partial charge in [-0.2, -0.15) is 0 Å². The minimum absolute atomic E-state index is 0.0577. The molecule has 1 saturated heterocycles. The average Bonchev–Trinajstić information content (AvgIpc) is 2.28. The van der Waals surface area contributed by atoms with Gasteiger partial charge >= 0.3 is 0 Å². The molecule has 0 bridgehead atoms. The number of alkyl halides is 1. The molecule has 0 unspecified atom stereocenters. The number of rotatable bonds is 4. The fourth-order valence-electron chi connectivity index (χ4n) is 2.15. The first-order chi connectivity index (χ1) is 8.13. The Kier molecular flexibility index (Phi) is 3.64. The Morgan fingerprint density at radius 1 is 1.41 bits per heavy atom. The second-order valence-electron chi connectivity index (χ2n) is 5.02. The van der Waals surface area contributed by atoms with Crippen LogP contribution in [0.4, 0.5) is 0 Å². The molecule has 1 aromatic carbocycles. The molecule has 0 aliphatic carbocycles. The summed E-state index contributed by atoms with van der Waals surface area (Å²) in [6.45, 7) is 5.76. The summed E-state index contributed by atoms with van der Waals surface area (Å²) < 4.78 is 10.8. The van der Waals surface area contributed by atoms with Crippen molar-refractivity contribution in [1.29, 1.82) is 0 Å². The van der Waals surface area contributed by atoms with Gasteiger partial charge in [-0.1, -0.05) is 26.0 Å². The highest BCUT2D eigenvalue weighted by Crippen LogP contribution is 2.40. The van der Waals surface area contributed by atoms with Gasteiger partial charge in [0.05, 0.1) is 25.7 Å². The molecule has 1 aliphatic rings. The number of halogens is 1. The van der Waals surface area contributed by atoms with Crippen molar-refractivity contribution in [3.05, 3.63) is 29.3 Å². The van der Waals surface area contributed by atoms with E-state index >= 15 is 0 Å². The first-order valence-corrected chi connectivity index (χ1v) is 6.48. The summed E-state index contributed by atoms with van der Waals surface area (Å²) >= 11 is 6.12. The molecule has 17 heavy (non-hydrogen) atoms. The molecule has 0 saturated carbocycles. The summed E-state index contributed by atoms with van der Waals surface area (Å²) in [5.41, 5.74) is 2.45. The van der Waals surface area contributed by atoms with Crippen molar-refractivity contribution >= 4 is 11.6 Å². The molecular weight excluding hydrogens is 236 g/mol. The molecule has 1 aromatic rings. The molecule has 1 heterocycles. The molecule has 0 amide bonds. The number of hydrogen-bond acceptors (Lipinski definition) is 2. The Hall–Kier alpha value is -0.730. The van der Waals surface area contributed by atoms with E-state index < -0.39 is 0 Å². The van der Waals surface area contributed by atoms with Crippen LogP contribution in [0.15, 0.2) is 18.2 Å². The molecule has 94 valence electrons. The summed E-state index contributed by atoms with van der Waals surface area (Å²) in [7, 11) is 1.70. The Morgan fingerprint density at radius 3 is 2.53 bits per heavy atom. The summed E-state index contributed by atoms with van der Waals surface area (Å²) in [6, 6.07) is 6.38. The van der Waals surface area contributed by atoms with Crippen LogP contribution in [0.5, 0.6) is 5.75 Å². The topological polar surface area (TPSA) is 18.5 Å². The number of methoxy groups -OCH3 is 1. The summed E-state index contributed by atoms with van der Waals surface area (Å²) in [5, 5.41) is 0. The molecule has 0 radical (unpaired) electrons. The van der Waals surface area contributed by atoms with Gasteiger partial charge in [0.15, 0.2) is 0 Å². The molecule has 0 atom stereocenters. The molecule has 1 aliphatic heterocycles. The lowest BCUT2D eigenvalue weighted by molar-refractivity contribution is -0.0489. The first-order valence-electron chi connectivity index (χ1n) is 5.95. The zero-order valence-electron chi connectivity index (χ0n) is 10.6. The first kappa shape index (κ1) is 12.7. The van der Waals surface area contributed by atoms with E-state index in [1.807, 2.05) is 6.07 Å². The van der Waals surface area contributed by atoms with Gasteiger partial charge in [0.1, 0.15) is 5.75 Å². The van der Waals surface area contributed by atoms with Gasteiger partial charge in [0.25, 0.3) is 0 Å². The monoisotopic (exact) mass is 254 g/mol. The van der Waals surface area contributed by atoms with Gasteiger partial charge in [-0.15, -0.1) is 11.6 Å². The largest absolute Gasteiger partial charge is 0.496 e. The molecule has 2 rings (SSSR count). The number of ether oxygens (including phenoxy) is 2. The van der Waals surface area contributed by atoms with Crippen LogP contribution < -0.4 is 4.74 Å². The Labute approximate surface area is 108 Å². The average molecular weight is 255 g/mol. The van der Waals surface area contributed by atoms with Crippen molar-refractivity contribution in [2.75, 3.05) is 26.2 Å². The fourth-order valence-corrected chi connectivity index (χ4v) is 2.45. The van der Waals surface area contributed by atoms with Crippen LogP contribution in [-0.2, 0) is 10.2 Å². The van der Waals surface area contributed by atoms with Gasteiger partial charge in [-0.25, -0.2) is 0 Å². The van der Waals surface area contributed by atoms with E-state index in [0.717, 1.165) is 5.75 Å². The highest BCUT2D eigenvalue weighted by molar-refractivity contribution is 6.18. The maximum absolute atomic E-state index is 6.12. The van der Waals surface area contributed by atoms with Gasteiger partial charge in [-0.05, 0) is 17.5 Å². The summed E-state index contributed by atoms with van der Waals surface area (Å²) in [6.07, 6.45) is 0. The number of benzene rings is 1. The van der Waals surface area contributed by atoms with Crippen LogP contribution >= 0.6 is 11.6 Å². The summed E-state index contributed by atoms with van der Waals surface area (Å²) in [5.74, 6) is 2.00. The second-order valence-corrected chi connectivity index (χ2v) is 5.29. The van der Waals surface area contributed by atoms with E-state index in [1.165, 1.54) is 11.1 Å². The van der Waals surface area contributed by atoms with Gasteiger partial charge in [-0.3, -0.25) is 0 Å². The fraction of sp³-hybridized carbons (Fsp3) is 0.571. The van der Waals surface area contributed by atoms with Crippen LogP contribution in [-0.4, -0.2) is 26.2 Å². The molecule has 3 heteroatoms. The lowest BCUT2D eigenvalue weighted by Crippen LogP contribution is -2.48. The number of hydrogen-bond donors (Lipinski definition) is 0. The molecule has 0 N–H and O–H groups in total. The standard InChI is InChI=1S/C14H19ClO2/c1-10(2)11-4-5-13(16-3)12(6-11)14(7-15)8-17-9-14/h4-6,10H,7-9H2,1-3H3. The highest BCUT2D eigenvalue weighted by atomic mass is 35.5. The predicted molar refractivity (Wildman–Crippen MR) is 70.3 cm³/mol. The molecular formula is C14H19ClO2. The predicted octanol–water partition coefficient (Wildman–Crippen LogP) is 3.33. The van der Waals surface area contributed by atoms with Crippen molar-refractivity contribution in [2.45, 2.75) is 25.2 Å². The zero-order valence-corrected chi connectivity index (χ0v) is 11.4. The van der Waals surface area contributed by atoms with E-state index in [1.54, 1.807) is 7.11 Å². The van der Waals surface area contributed by atoms with Crippen LogP contribution in [0, 0.1) is 0 Å². The maximum Gasteiger partial charge on any atom is 0.122 e. The maximum atomic E-state index is 6.12. The van der Waals surface area contributed by atoms with Crippen molar-refractivity contribution in [3.8, 4) is 5.75 Å². The van der Waals surface area contributed by atoms with Crippen LogP contribution in [0.1, 0.15) is 30.9 Å². The van der Waals surface area contributed by atoms with Gasteiger partial charge in [0.2, 0.25) is 0 Å². The quantitative estimate of drug-likeness (QED) is 0.768. The van der Waals surface area contributed by atoms with Crippen molar-refractivity contribution in [2.24, 2.45) is 0 Å². The van der Waals surface area contributed by atoms with E-state index in [4.69, 9.17) is 21.1 Å². The molecule has 1 fully saturated rings. The van der Waals surface area contributed by atoms with Crippen molar-refractivity contribution in [1.82, 2.24) is 0 Å². The molecule has 2 nitrogen and oxygen atoms in total. The van der Waals surface area contributed by atoms with E-state index in [-0.39, 0.29) is 5.41 Å². The lowest BCUT2D eigenvalue weighted by Gasteiger charge is -2.41. The third-order valence-corrected chi connectivity index (χ3v) is 3.99. The van der Waals surface area contributed by atoms with Crippen molar-refractivity contribution < 1.29 is 9.47 Å². The Bertz CT molecular complexity index is 392. The van der Waals surface area contributed by atoms with Crippen molar-refractivity contribution in [3.63, 3.8) is 0 Å². The van der Waals surface area contributed by atoms with Crippen LogP contribution in [0.3, 0.4) is 0 Å².